The highest BCUT2D eigenvalue weighted by Gasteiger charge is 2.23. The van der Waals surface area contributed by atoms with E-state index >= 15 is 0 Å². The molecule has 1 fully saturated rings. The zero-order chi connectivity index (χ0) is 24.1. The fourth-order valence-corrected chi connectivity index (χ4v) is 4.98. The van der Waals surface area contributed by atoms with Gasteiger partial charge in [0.2, 0.25) is 0 Å². The second kappa shape index (κ2) is 10.7. The van der Waals surface area contributed by atoms with E-state index in [1.807, 2.05) is 37.3 Å². The van der Waals surface area contributed by atoms with Gasteiger partial charge in [0.05, 0.1) is 25.5 Å². The molecule has 3 aromatic rings. The Morgan fingerprint density at radius 2 is 2.03 bits per heavy atom. The van der Waals surface area contributed by atoms with Crippen molar-refractivity contribution in [1.82, 2.24) is 4.98 Å². The Bertz CT molecular complexity index is 1180. The molecule has 1 aliphatic heterocycles. The molecule has 3 N–H and O–H groups in total. The first-order valence-electron chi connectivity index (χ1n) is 10.7. The van der Waals surface area contributed by atoms with Gasteiger partial charge in [-0.05, 0) is 24.6 Å². The van der Waals surface area contributed by atoms with Crippen molar-refractivity contribution in [3.8, 4) is 11.5 Å². The quantitative estimate of drug-likeness (QED) is 0.379. The fourth-order valence-electron chi connectivity index (χ4n) is 3.48. The van der Waals surface area contributed by atoms with E-state index in [2.05, 4.69) is 10.3 Å². The largest absolute Gasteiger partial charge is 0.490 e. The molecule has 2 heterocycles. The van der Waals surface area contributed by atoms with Crippen molar-refractivity contribution >= 4 is 34.6 Å². The summed E-state index contributed by atoms with van der Waals surface area (Å²) in [7, 11) is -4.44. The van der Waals surface area contributed by atoms with Crippen molar-refractivity contribution in [3.05, 3.63) is 65.9 Å². The minimum Gasteiger partial charge on any atom is -0.490 e. The number of benzene rings is 2. The van der Waals surface area contributed by atoms with Crippen molar-refractivity contribution < 1.29 is 33.4 Å². The SMILES string of the molecule is C[C@@H](Cc1ccccc1)Oc1cc(O[C@H]2CCOC2)cc(C(=O)Nc2ncc(P(=O)(O)O)s2)c1. The number of hydrogen-bond acceptors (Lipinski definition) is 7. The first-order chi connectivity index (χ1) is 16.3. The summed E-state index contributed by atoms with van der Waals surface area (Å²) in [6.07, 6.45) is 2.22. The van der Waals surface area contributed by atoms with Crippen molar-refractivity contribution in [3.63, 3.8) is 0 Å². The molecule has 0 saturated carbocycles. The van der Waals surface area contributed by atoms with Gasteiger partial charge in [-0.3, -0.25) is 14.7 Å². The van der Waals surface area contributed by atoms with Crippen LogP contribution in [0.2, 0.25) is 0 Å². The Kier molecular flexibility index (Phi) is 7.65. The average molecular weight is 505 g/mol. The summed E-state index contributed by atoms with van der Waals surface area (Å²) >= 11 is 0.724. The molecule has 0 aliphatic carbocycles. The monoisotopic (exact) mass is 504 g/mol. The maximum absolute atomic E-state index is 12.9. The smallest absolute Gasteiger partial charge is 0.367 e. The molecule has 1 saturated heterocycles. The van der Waals surface area contributed by atoms with E-state index in [9.17, 15) is 19.1 Å². The number of hydrogen-bond donors (Lipinski definition) is 3. The van der Waals surface area contributed by atoms with E-state index in [1.165, 1.54) is 0 Å². The van der Waals surface area contributed by atoms with Crippen LogP contribution in [0.5, 0.6) is 11.5 Å². The second-order valence-corrected chi connectivity index (χ2v) is 10.8. The number of aromatic nitrogens is 1. The fraction of sp³-hybridized carbons (Fsp3) is 0.304. The van der Waals surface area contributed by atoms with E-state index in [1.54, 1.807) is 18.2 Å². The number of anilines is 1. The maximum atomic E-state index is 12.9. The Morgan fingerprint density at radius 3 is 2.71 bits per heavy atom. The van der Waals surface area contributed by atoms with Crippen LogP contribution in [0.3, 0.4) is 0 Å². The molecule has 1 aliphatic rings. The second-order valence-electron chi connectivity index (χ2n) is 7.92. The molecule has 0 radical (unpaired) electrons. The van der Waals surface area contributed by atoms with Crippen LogP contribution in [-0.4, -0.2) is 46.1 Å². The summed E-state index contributed by atoms with van der Waals surface area (Å²) in [5.74, 6) is 0.445. The molecule has 1 amide bonds. The van der Waals surface area contributed by atoms with Gasteiger partial charge < -0.3 is 24.0 Å². The van der Waals surface area contributed by atoms with Crippen LogP contribution in [0, 0.1) is 0 Å². The molecule has 0 bridgehead atoms. The van der Waals surface area contributed by atoms with E-state index in [-0.39, 0.29) is 27.5 Å². The Morgan fingerprint density at radius 1 is 1.26 bits per heavy atom. The van der Waals surface area contributed by atoms with Gasteiger partial charge in [0.1, 0.15) is 22.2 Å². The van der Waals surface area contributed by atoms with E-state index < -0.39 is 13.5 Å². The molecule has 9 nitrogen and oxygen atoms in total. The molecule has 34 heavy (non-hydrogen) atoms. The van der Waals surface area contributed by atoms with Crippen molar-refractivity contribution in [2.24, 2.45) is 0 Å². The van der Waals surface area contributed by atoms with Crippen molar-refractivity contribution in [2.45, 2.75) is 32.0 Å². The van der Waals surface area contributed by atoms with Gasteiger partial charge in [-0.1, -0.05) is 41.7 Å². The number of nitrogens with zero attached hydrogens (tertiary/aromatic N) is 1. The summed E-state index contributed by atoms with van der Waals surface area (Å²) in [5.41, 5.74) is 1.40. The third-order valence-electron chi connectivity index (χ3n) is 5.04. The van der Waals surface area contributed by atoms with E-state index in [0.29, 0.717) is 31.1 Å². The van der Waals surface area contributed by atoms with Crippen LogP contribution >= 0.6 is 18.9 Å². The number of carbonyl (C=O) groups excluding carboxylic acids is 1. The van der Waals surface area contributed by atoms with Gasteiger partial charge in [-0.2, -0.15) is 0 Å². The first-order valence-corrected chi connectivity index (χ1v) is 13.1. The lowest BCUT2D eigenvalue weighted by molar-refractivity contribution is 0.102. The lowest BCUT2D eigenvalue weighted by Crippen LogP contribution is -2.18. The zero-order valence-electron chi connectivity index (χ0n) is 18.4. The Hall–Kier alpha value is -2.75. The van der Waals surface area contributed by atoms with Gasteiger partial charge in [0.25, 0.3) is 5.91 Å². The highest BCUT2D eigenvalue weighted by molar-refractivity contribution is 7.67. The number of ether oxygens (including phenoxy) is 3. The first kappa shape index (κ1) is 24.4. The van der Waals surface area contributed by atoms with Gasteiger partial charge in [-0.25, -0.2) is 4.98 Å². The van der Waals surface area contributed by atoms with Crippen LogP contribution in [0.15, 0.2) is 54.7 Å². The molecule has 180 valence electrons. The lowest BCUT2D eigenvalue weighted by Gasteiger charge is -2.18. The number of thiazole rings is 1. The van der Waals surface area contributed by atoms with Gasteiger partial charge in [0.15, 0.2) is 5.13 Å². The standard InChI is InChI=1S/C23H25N2O7PS/c1-15(9-16-5-3-2-4-6-16)31-19-10-17(11-20(12-19)32-18-7-8-30-14-18)22(26)25-23-24-13-21(34-23)33(27,28)29/h2-6,10-13,15,18H,7-9,14H2,1H3,(H,24,25,26)(H2,27,28,29)/t15-,18-/m0/s1. The summed E-state index contributed by atoms with van der Waals surface area (Å²) in [6, 6.07) is 14.9. The molecule has 0 spiro atoms. The lowest BCUT2D eigenvalue weighted by atomic mass is 10.1. The third-order valence-corrected chi connectivity index (χ3v) is 7.43. The molecule has 2 aromatic carbocycles. The van der Waals surface area contributed by atoms with Crippen LogP contribution in [0.25, 0.3) is 0 Å². The number of amides is 1. The van der Waals surface area contributed by atoms with Crippen LogP contribution < -0.4 is 19.4 Å². The predicted molar refractivity (Wildman–Crippen MR) is 128 cm³/mol. The molecular formula is C23H25N2O7PS. The van der Waals surface area contributed by atoms with Crippen LogP contribution in [0.4, 0.5) is 5.13 Å². The summed E-state index contributed by atoms with van der Waals surface area (Å²) in [4.78, 5) is 35.4. The van der Waals surface area contributed by atoms with Crippen LogP contribution in [-0.2, 0) is 15.7 Å². The number of carbonyl (C=O) groups is 1. The molecule has 0 unspecified atom stereocenters. The van der Waals surface area contributed by atoms with Crippen LogP contribution in [0.1, 0.15) is 29.3 Å². The van der Waals surface area contributed by atoms with E-state index in [0.717, 1.165) is 29.5 Å². The third kappa shape index (κ3) is 6.65. The molecule has 4 rings (SSSR count). The minimum atomic E-state index is -4.44. The summed E-state index contributed by atoms with van der Waals surface area (Å²) in [6.45, 7) is 3.04. The van der Waals surface area contributed by atoms with E-state index in [4.69, 9.17) is 14.2 Å². The minimum absolute atomic E-state index is 0.0822. The Balaban J connectivity index is 1.53. The highest BCUT2D eigenvalue weighted by Crippen LogP contribution is 2.36. The van der Waals surface area contributed by atoms with Gasteiger partial charge >= 0.3 is 7.60 Å². The molecule has 1 aromatic heterocycles. The topological polar surface area (TPSA) is 127 Å². The normalized spacial score (nSPS) is 16.7. The highest BCUT2D eigenvalue weighted by atomic mass is 32.1. The van der Waals surface area contributed by atoms with Gasteiger partial charge in [0, 0.05) is 24.5 Å². The average Bonchev–Trinajstić information content (AvgIpc) is 3.46. The van der Waals surface area contributed by atoms with Crippen molar-refractivity contribution in [2.75, 3.05) is 18.5 Å². The number of nitrogens with one attached hydrogen (secondary N) is 1. The predicted octanol–water partition coefficient (Wildman–Crippen LogP) is 3.38. The summed E-state index contributed by atoms with van der Waals surface area (Å²) < 4.78 is 28.7. The zero-order valence-corrected chi connectivity index (χ0v) is 20.1. The Labute approximate surface area is 200 Å². The summed E-state index contributed by atoms with van der Waals surface area (Å²) in [5, 5.41) is 2.66. The van der Waals surface area contributed by atoms with Crippen molar-refractivity contribution in [1.29, 1.82) is 0 Å². The molecular weight excluding hydrogens is 479 g/mol. The number of rotatable bonds is 9. The van der Waals surface area contributed by atoms with Gasteiger partial charge in [-0.15, -0.1) is 0 Å². The molecule has 2 atom stereocenters. The molecule has 11 heteroatoms. The maximum Gasteiger partial charge on any atom is 0.367 e.